The largest absolute Gasteiger partial charge is 0.493 e. The number of para-hydroxylation sites is 2. The summed E-state index contributed by atoms with van der Waals surface area (Å²) in [5, 5.41) is 0. The maximum Gasteiger partial charge on any atom is 0.185 e. The molecule has 5 heteroatoms. The van der Waals surface area contributed by atoms with Gasteiger partial charge in [-0.2, -0.15) is 0 Å². The van der Waals surface area contributed by atoms with Gasteiger partial charge >= 0.3 is 0 Å². The summed E-state index contributed by atoms with van der Waals surface area (Å²) in [5.74, 6) is 2.56. The molecule has 1 aliphatic carbocycles. The fraction of sp³-hybridized carbons (Fsp3) is 0.261. The number of ketones is 1. The van der Waals surface area contributed by atoms with E-state index in [0.29, 0.717) is 35.8 Å². The van der Waals surface area contributed by atoms with E-state index in [1.54, 1.807) is 28.4 Å². The molecule has 1 fully saturated rings. The Morgan fingerprint density at radius 1 is 0.679 bits per heavy atom. The molecule has 0 heterocycles. The minimum absolute atomic E-state index is 0.0368. The van der Waals surface area contributed by atoms with Gasteiger partial charge in [-0.3, -0.25) is 4.79 Å². The Bertz CT molecular complexity index is 865. The average Bonchev–Trinajstić information content (AvgIpc) is 3.06. The van der Waals surface area contributed by atoms with Crippen molar-refractivity contribution in [2.75, 3.05) is 28.4 Å². The maximum atomic E-state index is 12.9. The molecule has 2 aromatic rings. The minimum atomic E-state index is 0.0368. The Labute approximate surface area is 165 Å². The normalized spacial score (nSPS) is 16.5. The zero-order chi connectivity index (χ0) is 20.1. The summed E-state index contributed by atoms with van der Waals surface area (Å²) in [4.78, 5) is 12.9. The van der Waals surface area contributed by atoms with Gasteiger partial charge in [-0.1, -0.05) is 24.3 Å². The van der Waals surface area contributed by atoms with Crippen LogP contribution >= 0.6 is 0 Å². The fourth-order valence-electron chi connectivity index (χ4n) is 3.40. The third-order valence-corrected chi connectivity index (χ3v) is 4.77. The Morgan fingerprint density at radius 3 is 1.46 bits per heavy atom. The third-order valence-electron chi connectivity index (χ3n) is 4.77. The quantitative estimate of drug-likeness (QED) is 0.688. The molecular formula is C23H24O5. The van der Waals surface area contributed by atoms with Crippen molar-refractivity contribution in [2.45, 2.75) is 12.8 Å². The summed E-state index contributed by atoms with van der Waals surface area (Å²) in [6.07, 6.45) is 5.12. The molecule has 2 aromatic carbocycles. The Kier molecular flexibility index (Phi) is 6.04. The van der Waals surface area contributed by atoms with Gasteiger partial charge in [0, 0.05) is 22.3 Å². The van der Waals surface area contributed by atoms with Gasteiger partial charge in [-0.05, 0) is 37.1 Å². The number of rotatable bonds is 6. The van der Waals surface area contributed by atoms with Gasteiger partial charge in [0.2, 0.25) is 0 Å². The van der Waals surface area contributed by atoms with E-state index in [2.05, 4.69) is 0 Å². The molecule has 1 saturated carbocycles. The smallest absolute Gasteiger partial charge is 0.185 e. The van der Waals surface area contributed by atoms with E-state index in [9.17, 15) is 4.79 Å². The summed E-state index contributed by atoms with van der Waals surface area (Å²) in [7, 11) is 6.38. The summed E-state index contributed by atoms with van der Waals surface area (Å²) < 4.78 is 21.6. The highest BCUT2D eigenvalue weighted by molar-refractivity contribution is 6.15. The predicted octanol–water partition coefficient (Wildman–Crippen LogP) is 4.55. The number of ether oxygens (including phenoxy) is 4. The lowest BCUT2D eigenvalue weighted by atomic mass is 10.1. The van der Waals surface area contributed by atoms with Crippen LogP contribution < -0.4 is 18.9 Å². The van der Waals surface area contributed by atoms with Crippen LogP contribution in [0.3, 0.4) is 0 Å². The zero-order valence-corrected chi connectivity index (χ0v) is 16.6. The van der Waals surface area contributed by atoms with E-state index < -0.39 is 0 Å². The Balaban J connectivity index is 1.95. The first kappa shape index (κ1) is 19.5. The van der Waals surface area contributed by atoms with Crippen LogP contribution in [0, 0.1) is 0 Å². The van der Waals surface area contributed by atoms with Crippen LogP contribution in [0.15, 0.2) is 47.5 Å². The van der Waals surface area contributed by atoms with Crippen LogP contribution in [-0.2, 0) is 4.79 Å². The van der Waals surface area contributed by atoms with Crippen molar-refractivity contribution < 1.29 is 23.7 Å². The lowest BCUT2D eigenvalue weighted by molar-refractivity contribution is -0.111. The summed E-state index contributed by atoms with van der Waals surface area (Å²) >= 11 is 0. The first-order valence-electron chi connectivity index (χ1n) is 9.00. The van der Waals surface area contributed by atoms with Crippen molar-refractivity contribution in [3.05, 3.63) is 58.7 Å². The van der Waals surface area contributed by atoms with E-state index in [1.165, 1.54) is 0 Å². The average molecular weight is 380 g/mol. The first-order valence-corrected chi connectivity index (χ1v) is 9.00. The predicted molar refractivity (Wildman–Crippen MR) is 109 cm³/mol. The second-order valence-corrected chi connectivity index (χ2v) is 6.33. The molecule has 0 amide bonds. The zero-order valence-electron chi connectivity index (χ0n) is 16.6. The van der Waals surface area contributed by atoms with Gasteiger partial charge in [0.25, 0.3) is 0 Å². The van der Waals surface area contributed by atoms with Crippen molar-refractivity contribution in [1.82, 2.24) is 0 Å². The van der Waals surface area contributed by atoms with Gasteiger partial charge in [-0.15, -0.1) is 0 Å². The van der Waals surface area contributed by atoms with Crippen LogP contribution in [0.25, 0.3) is 12.2 Å². The van der Waals surface area contributed by atoms with Crippen LogP contribution in [0.4, 0.5) is 0 Å². The number of methoxy groups -OCH3 is 4. The van der Waals surface area contributed by atoms with Gasteiger partial charge in [0.05, 0.1) is 28.4 Å². The molecule has 5 nitrogen and oxygen atoms in total. The summed E-state index contributed by atoms with van der Waals surface area (Å²) in [5.41, 5.74) is 3.15. The lowest BCUT2D eigenvalue weighted by Crippen LogP contribution is -1.98. The molecule has 0 unspecified atom stereocenters. The van der Waals surface area contributed by atoms with Gasteiger partial charge < -0.3 is 18.9 Å². The van der Waals surface area contributed by atoms with Crippen LogP contribution in [-0.4, -0.2) is 34.2 Å². The highest BCUT2D eigenvalue weighted by atomic mass is 16.5. The van der Waals surface area contributed by atoms with Crippen LogP contribution in [0.2, 0.25) is 0 Å². The lowest BCUT2D eigenvalue weighted by Gasteiger charge is -2.11. The number of Topliss-reactive ketones (excluding diaryl/α,β-unsaturated/α-hetero) is 1. The highest BCUT2D eigenvalue weighted by Gasteiger charge is 2.24. The Morgan fingerprint density at radius 2 is 1.11 bits per heavy atom. The standard InChI is InChI=1S/C23H24O5/c1-25-19-9-5-7-17(22(19)27-3)13-15-11-12-16(21(15)24)14-18-8-6-10-20(26-2)23(18)28-4/h5-10,13-14H,11-12H2,1-4H3/b15-13-,16-14-. The van der Waals surface area contributed by atoms with E-state index >= 15 is 0 Å². The molecule has 0 spiro atoms. The first-order chi connectivity index (χ1) is 13.6. The fourth-order valence-corrected chi connectivity index (χ4v) is 3.40. The number of allylic oxidation sites excluding steroid dienone is 2. The summed E-state index contributed by atoms with van der Waals surface area (Å²) in [6, 6.07) is 11.2. The molecule has 0 saturated heterocycles. The molecule has 0 radical (unpaired) electrons. The van der Waals surface area contributed by atoms with Crippen LogP contribution in [0.5, 0.6) is 23.0 Å². The second-order valence-electron chi connectivity index (χ2n) is 6.33. The molecule has 0 aromatic heterocycles. The van der Waals surface area contributed by atoms with Crippen molar-refractivity contribution >= 4 is 17.9 Å². The molecule has 0 N–H and O–H groups in total. The Hall–Kier alpha value is -3.21. The molecule has 0 atom stereocenters. The van der Waals surface area contributed by atoms with Gasteiger partial charge in [0.1, 0.15) is 0 Å². The van der Waals surface area contributed by atoms with Crippen molar-refractivity contribution in [2.24, 2.45) is 0 Å². The van der Waals surface area contributed by atoms with Crippen molar-refractivity contribution in [3.8, 4) is 23.0 Å². The molecule has 0 bridgehead atoms. The molecular weight excluding hydrogens is 356 g/mol. The third kappa shape index (κ3) is 3.74. The van der Waals surface area contributed by atoms with Gasteiger partial charge in [-0.25, -0.2) is 0 Å². The molecule has 3 rings (SSSR count). The van der Waals surface area contributed by atoms with Gasteiger partial charge in [0.15, 0.2) is 28.8 Å². The van der Waals surface area contributed by atoms with E-state index in [4.69, 9.17) is 18.9 Å². The number of carbonyl (C=O) groups is 1. The van der Waals surface area contributed by atoms with Crippen LogP contribution in [0.1, 0.15) is 24.0 Å². The number of benzene rings is 2. The SMILES string of the molecule is COc1cccc(/C=C2/CC/C(=C/c3cccc(OC)c3OC)C2=O)c1OC. The number of carbonyl (C=O) groups excluding carboxylic acids is 1. The van der Waals surface area contributed by atoms with E-state index in [1.807, 2.05) is 48.6 Å². The molecule has 1 aliphatic rings. The van der Waals surface area contributed by atoms with E-state index in [0.717, 1.165) is 22.3 Å². The van der Waals surface area contributed by atoms with E-state index in [-0.39, 0.29) is 5.78 Å². The highest BCUT2D eigenvalue weighted by Crippen LogP contribution is 2.37. The van der Waals surface area contributed by atoms with Crippen molar-refractivity contribution in [3.63, 3.8) is 0 Å². The minimum Gasteiger partial charge on any atom is -0.493 e. The molecule has 28 heavy (non-hydrogen) atoms. The topological polar surface area (TPSA) is 54.0 Å². The maximum absolute atomic E-state index is 12.9. The number of hydrogen-bond donors (Lipinski definition) is 0. The molecule has 146 valence electrons. The summed E-state index contributed by atoms with van der Waals surface area (Å²) in [6.45, 7) is 0. The van der Waals surface area contributed by atoms with Crippen molar-refractivity contribution in [1.29, 1.82) is 0 Å². The number of hydrogen-bond acceptors (Lipinski definition) is 5. The monoisotopic (exact) mass is 380 g/mol. The molecule has 0 aliphatic heterocycles. The second kappa shape index (κ2) is 8.65.